The molecule has 4 nitrogen and oxygen atoms in total. The summed E-state index contributed by atoms with van der Waals surface area (Å²) in [6.07, 6.45) is 8.84. The lowest BCUT2D eigenvalue weighted by Crippen LogP contribution is -2.54. The molecular weight excluding hydrogens is 252 g/mol. The largest absolute Gasteiger partial charge is 0.375 e. The first kappa shape index (κ1) is 15.8. The standard InChI is InChI=1S/C16H30N2O2/c1-16(2,3)18-15(19)14-11-13(9-10-17-14)20-12-7-5-4-6-8-12/h12-14,17H,4-11H2,1-3H3,(H,18,19)/t13?,14-/m0/s1. The fourth-order valence-electron chi connectivity index (χ4n) is 3.14. The van der Waals surface area contributed by atoms with Crippen molar-refractivity contribution < 1.29 is 9.53 Å². The van der Waals surface area contributed by atoms with Gasteiger partial charge in [-0.2, -0.15) is 0 Å². The third-order valence-corrected chi connectivity index (χ3v) is 4.11. The van der Waals surface area contributed by atoms with Crippen LogP contribution in [0.2, 0.25) is 0 Å². The monoisotopic (exact) mass is 282 g/mol. The van der Waals surface area contributed by atoms with Crippen molar-refractivity contribution in [1.82, 2.24) is 10.6 Å². The zero-order valence-electron chi connectivity index (χ0n) is 13.2. The van der Waals surface area contributed by atoms with E-state index in [4.69, 9.17) is 4.74 Å². The highest BCUT2D eigenvalue weighted by atomic mass is 16.5. The van der Waals surface area contributed by atoms with Crippen LogP contribution < -0.4 is 10.6 Å². The Bertz CT molecular complexity index is 319. The highest BCUT2D eigenvalue weighted by Crippen LogP contribution is 2.24. The van der Waals surface area contributed by atoms with E-state index < -0.39 is 0 Å². The van der Waals surface area contributed by atoms with E-state index in [2.05, 4.69) is 10.6 Å². The van der Waals surface area contributed by atoms with Crippen molar-refractivity contribution in [3.05, 3.63) is 0 Å². The van der Waals surface area contributed by atoms with Gasteiger partial charge in [0.25, 0.3) is 0 Å². The topological polar surface area (TPSA) is 50.4 Å². The lowest BCUT2D eigenvalue weighted by molar-refractivity contribution is -0.127. The molecule has 0 spiro atoms. The number of carbonyl (C=O) groups is 1. The van der Waals surface area contributed by atoms with Gasteiger partial charge in [-0.15, -0.1) is 0 Å². The quantitative estimate of drug-likeness (QED) is 0.835. The van der Waals surface area contributed by atoms with E-state index in [0.717, 1.165) is 19.4 Å². The number of ether oxygens (including phenoxy) is 1. The molecule has 0 aromatic rings. The maximum Gasteiger partial charge on any atom is 0.237 e. The first-order chi connectivity index (χ1) is 9.44. The molecule has 1 saturated carbocycles. The van der Waals surface area contributed by atoms with Crippen molar-refractivity contribution in [2.24, 2.45) is 0 Å². The molecule has 1 saturated heterocycles. The maximum absolute atomic E-state index is 12.2. The van der Waals surface area contributed by atoms with Crippen LogP contribution in [-0.4, -0.2) is 36.2 Å². The second-order valence-electron chi connectivity index (χ2n) is 7.29. The summed E-state index contributed by atoms with van der Waals surface area (Å²) in [5, 5.41) is 6.37. The lowest BCUT2D eigenvalue weighted by atomic mass is 9.96. The summed E-state index contributed by atoms with van der Waals surface area (Å²) in [5.74, 6) is 0.106. The smallest absolute Gasteiger partial charge is 0.237 e. The van der Waals surface area contributed by atoms with Crippen molar-refractivity contribution in [2.45, 2.75) is 89.5 Å². The molecule has 0 aromatic carbocycles. The van der Waals surface area contributed by atoms with Gasteiger partial charge in [0, 0.05) is 5.54 Å². The first-order valence-electron chi connectivity index (χ1n) is 8.15. The predicted octanol–water partition coefficient (Wildman–Crippen LogP) is 2.37. The zero-order chi connectivity index (χ0) is 14.6. The minimum atomic E-state index is -0.171. The molecule has 0 bridgehead atoms. The molecule has 2 rings (SSSR count). The van der Waals surface area contributed by atoms with Gasteiger partial charge in [-0.25, -0.2) is 0 Å². The number of piperidine rings is 1. The van der Waals surface area contributed by atoms with Crippen molar-refractivity contribution in [3.8, 4) is 0 Å². The van der Waals surface area contributed by atoms with Gasteiger partial charge in [0.2, 0.25) is 5.91 Å². The van der Waals surface area contributed by atoms with E-state index in [1.807, 2.05) is 20.8 Å². The fraction of sp³-hybridized carbons (Fsp3) is 0.938. The van der Waals surface area contributed by atoms with E-state index >= 15 is 0 Å². The van der Waals surface area contributed by atoms with E-state index in [1.165, 1.54) is 32.1 Å². The van der Waals surface area contributed by atoms with Crippen molar-refractivity contribution in [3.63, 3.8) is 0 Å². The Balaban J connectivity index is 1.80. The van der Waals surface area contributed by atoms with E-state index in [-0.39, 0.29) is 23.6 Å². The summed E-state index contributed by atoms with van der Waals surface area (Å²) in [6, 6.07) is -0.100. The molecule has 116 valence electrons. The van der Waals surface area contributed by atoms with Gasteiger partial charge in [-0.05, 0) is 53.0 Å². The summed E-state index contributed by atoms with van der Waals surface area (Å²) in [5.41, 5.74) is -0.171. The highest BCUT2D eigenvalue weighted by Gasteiger charge is 2.30. The average molecular weight is 282 g/mol. The highest BCUT2D eigenvalue weighted by molar-refractivity contribution is 5.82. The van der Waals surface area contributed by atoms with Crippen LogP contribution in [0.15, 0.2) is 0 Å². The number of hydrogen-bond donors (Lipinski definition) is 2. The average Bonchev–Trinajstić information content (AvgIpc) is 2.38. The maximum atomic E-state index is 12.2. The molecule has 1 amide bonds. The summed E-state index contributed by atoms with van der Waals surface area (Å²) in [7, 11) is 0. The van der Waals surface area contributed by atoms with Crippen molar-refractivity contribution >= 4 is 5.91 Å². The molecule has 1 aliphatic heterocycles. The molecule has 1 aliphatic carbocycles. The first-order valence-corrected chi connectivity index (χ1v) is 8.15. The molecule has 2 N–H and O–H groups in total. The Morgan fingerprint density at radius 3 is 2.45 bits per heavy atom. The molecule has 2 atom stereocenters. The van der Waals surface area contributed by atoms with E-state index in [9.17, 15) is 4.79 Å². The Labute approximate surface area is 123 Å². The fourth-order valence-corrected chi connectivity index (χ4v) is 3.14. The summed E-state index contributed by atoms with van der Waals surface area (Å²) < 4.78 is 6.22. The number of hydrogen-bond acceptors (Lipinski definition) is 3. The van der Waals surface area contributed by atoms with E-state index in [1.54, 1.807) is 0 Å². The molecule has 0 radical (unpaired) electrons. The second kappa shape index (κ2) is 6.90. The molecule has 2 fully saturated rings. The second-order valence-corrected chi connectivity index (χ2v) is 7.29. The Morgan fingerprint density at radius 2 is 1.80 bits per heavy atom. The van der Waals surface area contributed by atoms with Crippen LogP contribution in [-0.2, 0) is 9.53 Å². The SMILES string of the molecule is CC(C)(C)NC(=O)[C@@H]1CC(OC2CCCCC2)CCN1. The van der Waals surface area contributed by atoms with Crippen LogP contribution in [0.1, 0.15) is 65.7 Å². The van der Waals surface area contributed by atoms with Gasteiger partial charge >= 0.3 is 0 Å². The van der Waals surface area contributed by atoms with Crippen molar-refractivity contribution in [1.29, 1.82) is 0 Å². The van der Waals surface area contributed by atoms with E-state index in [0.29, 0.717) is 6.10 Å². The minimum absolute atomic E-state index is 0.100. The third kappa shape index (κ3) is 5.06. The molecule has 20 heavy (non-hydrogen) atoms. The van der Waals surface area contributed by atoms with Crippen LogP contribution in [0.4, 0.5) is 0 Å². The van der Waals surface area contributed by atoms with Gasteiger partial charge in [0.1, 0.15) is 0 Å². The normalized spacial score (nSPS) is 29.1. The van der Waals surface area contributed by atoms with Crippen LogP contribution in [0.5, 0.6) is 0 Å². The molecule has 0 aromatic heterocycles. The number of nitrogens with one attached hydrogen (secondary N) is 2. The summed E-state index contributed by atoms with van der Waals surface area (Å²) in [6.45, 7) is 6.93. The van der Waals surface area contributed by atoms with Gasteiger partial charge in [-0.3, -0.25) is 4.79 Å². The summed E-state index contributed by atoms with van der Waals surface area (Å²) in [4.78, 5) is 12.2. The van der Waals surface area contributed by atoms with Crippen LogP contribution in [0, 0.1) is 0 Å². The molecule has 1 unspecified atom stereocenters. The number of carbonyl (C=O) groups excluding carboxylic acids is 1. The predicted molar refractivity (Wildman–Crippen MR) is 80.7 cm³/mol. The minimum Gasteiger partial charge on any atom is -0.375 e. The Hall–Kier alpha value is -0.610. The van der Waals surface area contributed by atoms with Gasteiger partial charge < -0.3 is 15.4 Å². The number of rotatable bonds is 3. The van der Waals surface area contributed by atoms with Gasteiger partial charge in [-0.1, -0.05) is 19.3 Å². The van der Waals surface area contributed by atoms with Crippen LogP contribution >= 0.6 is 0 Å². The van der Waals surface area contributed by atoms with Crippen LogP contribution in [0.25, 0.3) is 0 Å². The molecule has 1 heterocycles. The molecule has 2 aliphatic rings. The number of amides is 1. The Kier molecular flexibility index (Phi) is 5.44. The Morgan fingerprint density at radius 1 is 1.10 bits per heavy atom. The van der Waals surface area contributed by atoms with Crippen molar-refractivity contribution in [2.75, 3.05) is 6.54 Å². The van der Waals surface area contributed by atoms with Gasteiger partial charge in [0.15, 0.2) is 0 Å². The molecular formula is C16H30N2O2. The molecule has 4 heteroatoms. The zero-order valence-corrected chi connectivity index (χ0v) is 13.2. The third-order valence-electron chi connectivity index (χ3n) is 4.11. The summed E-state index contributed by atoms with van der Waals surface area (Å²) >= 11 is 0. The van der Waals surface area contributed by atoms with Crippen LogP contribution in [0.3, 0.4) is 0 Å². The lowest BCUT2D eigenvalue weighted by Gasteiger charge is -2.34. The van der Waals surface area contributed by atoms with Gasteiger partial charge in [0.05, 0.1) is 18.2 Å².